The SMILES string of the molecule is COc1cncnc1N1CCC(CN2Cc3ccccc3N(c3ccnc(C#N)c3)C2=O)CC1. The third kappa shape index (κ3) is 4.10. The summed E-state index contributed by atoms with van der Waals surface area (Å²) in [6.45, 7) is 2.93. The fraction of sp³-hybridized carbons (Fsp3) is 0.320. The molecule has 0 N–H and O–H groups in total. The van der Waals surface area contributed by atoms with Gasteiger partial charge in [-0.2, -0.15) is 5.26 Å². The summed E-state index contributed by atoms with van der Waals surface area (Å²) in [5.41, 5.74) is 2.87. The second-order valence-corrected chi connectivity index (χ2v) is 8.48. The van der Waals surface area contributed by atoms with E-state index in [9.17, 15) is 10.1 Å². The number of ether oxygens (including phenoxy) is 1. The Morgan fingerprint density at radius 2 is 2.00 bits per heavy atom. The second kappa shape index (κ2) is 9.35. The largest absolute Gasteiger partial charge is 0.491 e. The van der Waals surface area contributed by atoms with Gasteiger partial charge in [-0.15, -0.1) is 0 Å². The predicted octanol–water partition coefficient (Wildman–Crippen LogP) is 3.74. The van der Waals surface area contributed by atoms with E-state index in [-0.39, 0.29) is 11.7 Å². The highest BCUT2D eigenvalue weighted by Gasteiger charge is 2.34. The van der Waals surface area contributed by atoms with Crippen LogP contribution in [0.2, 0.25) is 0 Å². The van der Waals surface area contributed by atoms with Gasteiger partial charge < -0.3 is 14.5 Å². The Kier molecular flexibility index (Phi) is 5.95. The van der Waals surface area contributed by atoms with E-state index in [0.29, 0.717) is 30.4 Å². The van der Waals surface area contributed by atoms with Gasteiger partial charge in [-0.3, -0.25) is 4.90 Å². The van der Waals surface area contributed by atoms with Crippen molar-refractivity contribution in [3.63, 3.8) is 0 Å². The summed E-state index contributed by atoms with van der Waals surface area (Å²) in [6, 6.07) is 13.3. The van der Waals surface area contributed by atoms with Crippen LogP contribution in [0.3, 0.4) is 0 Å². The predicted molar refractivity (Wildman–Crippen MR) is 127 cm³/mol. The van der Waals surface area contributed by atoms with Gasteiger partial charge in [-0.1, -0.05) is 18.2 Å². The van der Waals surface area contributed by atoms with Crippen molar-refractivity contribution in [2.24, 2.45) is 5.92 Å². The molecule has 0 unspecified atom stereocenters. The molecule has 2 aliphatic rings. The Balaban J connectivity index is 1.33. The van der Waals surface area contributed by atoms with Crippen molar-refractivity contribution in [2.75, 3.05) is 36.5 Å². The van der Waals surface area contributed by atoms with Crippen LogP contribution < -0.4 is 14.5 Å². The number of nitriles is 1. The van der Waals surface area contributed by atoms with E-state index < -0.39 is 0 Å². The van der Waals surface area contributed by atoms with Crippen LogP contribution in [-0.4, -0.2) is 52.6 Å². The summed E-state index contributed by atoms with van der Waals surface area (Å²) in [6.07, 6.45) is 6.70. The van der Waals surface area contributed by atoms with E-state index in [0.717, 1.165) is 43.0 Å². The van der Waals surface area contributed by atoms with Gasteiger partial charge in [0.1, 0.15) is 18.1 Å². The number of benzene rings is 1. The van der Waals surface area contributed by atoms with E-state index in [4.69, 9.17) is 4.74 Å². The minimum Gasteiger partial charge on any atom is -0.491 e. The molecule has 5 rings (SSSR count). The molecule has 1 aromatic carbocycles. The van der Waals surface area contributed by atoms with Crippen LogP contribution in [0, 0.1) is 17.2 Å². The number of pyridine rings is 1. The van der Waals surface area contributed by atoms with Crippen LogP contribution in [0.25, 0.3) is 0 Å². The summed E-state index contributed by atoms with van der Waals surface area (Å²) in [5, 5.41) is 9.28. The molecular weight excluding hydrogens is 430 g/mol. The Morgan fingerprint density at radius 3 is 2.79 bits per heavy atom. The standard InChI is InChI=1S/C25H25N7O2/c1-34-23-14-27-17-29-24(23)30-10-7-18(8-11-30)15-31-16-19-4-2-3-5-22(19)32(25(31)33)21-6-9-28-20(12-21)13-26/h2-6,9,12,14,17-18H,7-8,10-11,15-16H2,1H3. The van der Waals surface area contributed by atoms with E-state index in [1.54, 1.807) is 42.9 Å². The molecule has 1 fully saturated rings. The molecule has 9 nitrogen and oxygen atoms in total. The molecule has 1 saturated heterocycles. The molecule has 34 heavy (non-hydrogen) atoms. The van der Waals surface area contributed by atoms with Gasteiger partial charge in [-0.05, 0) is 42.5 Å². The average molecular weight is 456 g/mol. The zero-order valence-corrected chi connectivity index (χ0v) is 19.0. The summed E-state index contributed by atoms with van der Waals surface area (Å²) >= 11 is 0. The lowest BCUT2D eigenvalue weighted by Crippen LogP contribution is -2.48. The minimum absolute atomic E-state index is 0.0753. The number of urea groups is 1. The number of aromatic nitrogens is 3. The van der Waals surface area contributed by atoms with E-state index in [2.05, 4.69) is 32.0 Å². The maximum atomic E-state index is 13.6. The fourth-order valence-electron chi connectivity index (χ4n) is 4.72. The number of carbonyl (C=O) groups excluding carboxylic acids is 1. The molecule has 0 saturated carbocycles. The molecular formula is C25H25N7O2. The topological polar surface area (TPSA) is 98.5 Å². The lowest BCUT2D eigenvalue weighted by Gasteiger charge is -2.40. The zero-order valence-electron chi connectivity index (χ0n) is 19.0. The normalized spacial score (nSPS) is 16.2. The molecule has 0 atom stereocenters. The molecule has 172 valence electrons. The number of methoxy groups -OCH3 is 1. The molecule has 0 radical (unpaired) electrons. The quantitative estimate of drug-likeness (QED) is 0.578. The molecule has 0 bridgehead atoms. The number of hydrogen-bond acceptors (Lipinski definition) is 7. The Morgan fingerprint density at radius 1 is 1.18 bits per heavy atom. The molecule has 9 heteroatoms. The third-order valence-electron chi connectivity index (χ3n) is 6.44. The van der Waals surface area contributed by atoms with Crippen molar-refractivity contribution in [1.82, 2.24) is 19.9 Å². The summed E-state index contributed by atoms with van der Waals surface area (Å²) in [5.74, 6) is 1.87. The first-order valence-corrected chi connectivity index (χ1v) is 11.3. The molecule has 4 heterocycles. The van der Waals surface area contributed by atoms with Crippen molar-refractivity contribution in [3.8, 4) is 11.8 Å². The van der Waals surface area contributed by atoms with Crippen molar-refractivity contribution < 1.29 is 9.53 Å². The van der Waals surface area contributed by atoms with Gasteiger partial charge in [0.05, 0.1) is 24.7 Å². The Bertz CT molecular complexity index is 1230. The number of nitrogens with zero attached hydrogens (tertiary/aromatic N) is 7. The highest BCUT2D eigenvalue weighted by molar-refractivity contribution is 6.01. The number of rotatable bonds is 5. The maximum Gasteiger partial charge on any atom is 0.329 e. The van der Waals surface area contributed by atoms with E-state index in [1.165, 1.54) is 0 Å². The molecule has 2 aromatic heterocycles. The lowest BCUT2D eigenvalue weighted by molar-refractivity contribution is 0.183. The highest BCUT2D eigenvalue weighted by Crippen LogP contribution is 2.36. The lowest BCUT2D eigenvalue weighted by atomic mass is 9.95. The third-order valence-corrected chi connectivity index (χ3v) is 6.44. The number of carbonyl (C=O) groups is 1. The van der Waals surface area contributed by atoms with Gasteiger partial charge in [-0.25, -0.2) is 19.7 Å². The van der Waals surface area contributed by atoms with Gasteiger partial charge in [0, 0.05) is 32.4 Å². The van der Waals surface area contributed by atoms with E-state index in [1.807, 2.05) is 23.1 Å². The fourth-order valence-corrected chi connectivity index (χ4v) is 4.72. The first-order valence-electron chi connectivity index (χ1n) is 11.3. The van der Waals surface area contributed by atoms with Crippen LogP contribution in [0.15, 0.2) is 55.1 Å². The summed E-state index contributed by atoms with van der Waals surface area (Å²) in [4.78, 5) is 32.0. The van der Waals surface area contributed by atoms with Gasteiger partial charge >= 0.3 is 6.03 Å². The van der Waals surface area contributed by atoms with Crippen molar-refractivity contribution in [3.05, 3.63) is 66.4 Å². The van der Waals surface area contributed by atoms with Gasteiger partial charge in [0.15, 0.2) is 11.6 Å². The van der Waals surface area contributed by atoms with Crippen LogP contribution >= 0.6 is 0 Å². The van der Waals surface area contributed by atoms with Gasteiger partial charge in [0.25, 0.3) is 0 Å². The van der Waals surface area contributed by atoms with Crippen molar-refractivity contribution in [1.29, 1.82) is 5.26 Å². The van der Waals surface area contributed by atoms with Crippen LogP contribution in [0.1, 0.15) is 24.1 Å². The summed E-state index contributed by atoms with van der Waals surface area (Å²) < 4.78 is 5.41. The molecule has 0 spiro atoms. The first kappa shape index (κ1) is 21.6. The molecule has 0 aliphatic carbocycles. The molecule has 3 aromatic rings. The highest BCUT2D eigenvalue weighted by atomic mass is 16.5. The zero-order chi connectivity index (χ0) is 23.5. The van der Waals surface area contributed by atoms with Crippen molar-refractivity contribution in [2.45, 2.75) is 19.4 Å². The smallest absolute Gasteiger partial charge is 0.329 e. The maximum absolute atomic E-state index is 13.6. The first-order chi connectivity index (χ1) is 16.7. The Labute approximate surface area is 198 Å². The van der Waals surface area contributed by atoms with Crippen LogP contribution in [-0.2, 0) is 6.54 Å². The van der Waals surface area contributed by atoms with Crippen LogP contribution in [0.5, 0.6) is 5.75 Å². The number of anilines is 3. The molecule has 2 aliphatic heterocycles. The van der Waals surface area contributed by atoms with Crippen molar-refractivity contribution >= 4 is 23.2 Å². The average Bonchev–Trinajstić information content (AvgIpc) is 2.89. The number of amides is 2. The number of piperidine rings is 1. The van der Waals surface area contributed by atoms with Gasteiger partial charge in [0.2, 0.25) is 0 Å². The molecule has 2 amide bonds. The second-order valence-electron chi connectivity index (χ2n) is 8.48. The van der Waals surface area contributed by atoms with Crippen LogP contribution in [0.4, 0.5) is 22.0 Å². The number of fused-ring (bicyclic) bond motifs is 1. The minimum atomic E-state index is -0.0753. The monoisotopic (exact) mass is 455 g/mol. The number of hydrogen-bond donors (Lipinski definition) is 0. The Hall–Kier alpha value is -4.19. The van der Waals surface area contributed by atoms with E-state index >= 15 is 0 Å². The number of para-hydroxylation sites is 1. The summed E-state index contributed by atoms with van der Waals surface area (Å²) in [7, 11) is 1.63.